The highest BCUT2D eigenvalue weighted by Crippen LogP contribution is 2.28. The molecule has 1 aromatic rings. The average molecular weight is 232 g/mol. The lowest BCUT2D eigenvalue weighted by Gasteiger charge is -2.03. The van der Waals surface area contributed by atoms with Crippen molar-refractivity contribution in [2.75, 3.05) is 11.5 Å². The van der Waals surface area contributed by atoms with E-state index in [1.165, 1.54) is 11.8 Å². The minimum Gasteiger partial charge on any atom is -0.481 e. The number of aliphatic carboxylic acids is 1. The molecule has 0 atom stereocenters. The lowest BCUT2D eigenvalue weighted by molar-refractivity contribution is -0.136. The van der Waals surface area contributed by atoms with Crippen LogP contribution in [0.4, 0.5) is 5.69 Å². The second-order valence-electron chi connectivity index (χ2n) is 2.68. The van der Waals surface area contributed by atoms with Crippen LogP contribution in [0.15, 0.2) is 23.1 Å². The molecular formula is C9H10ClNO2S. The highest BCUT2D eigenvalue weighted by molar-refractivity contribution is 7.99. The molecule has 0 aliphatic rings. The Bertz CT molecular complexity index is 344. The van der Waals surface area contributed by atoms with Gasteiger partial charge in [0.05, 0.1) is 11.4 Å². The summed E-state index contributed by atoms with van der Waals surface area (Å²) in [6, 6.07) is 5.20. The highest BCUT2D eigenvalue weighted by Gasteiger charge is 2.03. The molecule has 0 aromatic heterocycles. The van der Waals surface area contributed by atoms with Crippen molar-refractivity contribution in [1.82, 2.24) is 0 Å². The largest absolute Gasteiger partial charge is 0.481 e. The summed E-state index contributed by atoms with van der Waals surface area (Å²) in [5, 5.41) is 9.01. The molecule has 0 radical (unpaired) electrons. The quantitative estimate of drug-likeness (QED) is 0.617. The predicted molar refractivity (Wildman–Crippen MR) is 58.8 cm³/mol. The number of carboxylic acid groups (broad SMARTS) is 1. The van der Waals surface area contributed by atoms with Crippen molar-refractivity contribution in [1.29, 1.82) is 0 Å². The van der Waals surface area contributed by atoms with E-state index in [9.17, 15) is 4.79 Å². The van der Waals surface area contributed by atoms with Crippen molar-refractivity contribution in [3.8, 4) is 0 Å². The molecule has 0 spiro atoms. The van der Waals surface area contributed by atoms with Gasteiger partial charge in [-0.05, 0) is 18.2 Å². The topological polar surface area (TPSA) is 63.3 Å². The minimum absolute atomic E-state index is 0.130. The molecular weight excluding hydrogens is 222 g/mol. The van der Waals surface area contributed by atoms with Crippen LogP contribution in [0.5, 0.6) is 0 Å². The first-order valence-electron chi connectivity index (χ1n) is 3.99. The van der Waals surface area contributed by atoms with E-state index < -0.39 is 5.97 Å². The number of carboxylic acids is 1. The van der Waals surface area contributed by atoms with Crippen molar-refractivity contribution in [2.24, 2.45) is 0 Å². The van der Waals surface area contributed by atoms with E-state index in [1.807, 2.05) is 0 Å². The molecule has 1 aromatic carbocycles. The Labute approximate surface area is 91.2 Å². The van der Waals surface area contributed by atoms with Crippen molar-refractivity contribution < 1.29 is 9.90 Å². The summed E-state index contributed by atoms with van der Waals surface area (Å²) in [6.45, 7) is 0. The van der Waals surface area contributed by atoms with Crippen LogP contribution in [-0.2, 0) is 4.79 Å². The van der Waals surface area contributed by atoms with Gasteiger partial charge in [-0.2, -0.15) is 0 Å². The molecule has 0 aliphatic carbocycles. The Hall–Kier alpha value is -0.870. The van der Waals surface area contributed by atoms with Gasteiger partial charge in [0.15, 0.2) is 0 Å². The molecule has 5 heteroatoms. The standard InChI is InChI=1S/C9H10ClNO2S/c10-7-5-6(11)1-2-8(7)14-4-3-9(12)13/h1-2,5H,3-4,11H2,(H,12,13). The first kappa shape index (κ1) is 11.2. The highest BCUT2D eigenvalue weighted by atomic mass is 35.5. The third-order valence-electron chi connectivity index (χ3n) is 1.53. The first-order valence-corrected chi connectivity index (χ1v) is 5.35. The van der Waals surface area contributed by atoms with Crippen LogP contribution in [-0.4, -0.2) is 16.8 Å². The van der Waals surface area contributed by atoms with Crippen LogP contribution in [0.25, 0.3) is 0 Å². The van der Waals surface area contributed by atoms with E-state index in [1.54, 1.807) is 18.2 Å². The zero-order chi connectivity index (χ0) is 10.6. The number of thioether (sulfide) groups is 1. The van der Waals surface area contributed by atoms with E-state index in [0.29, 0.717) is 16.5 Å². The van der Waals surface area contributed by atoms with E-state index in [0.717, 1.165) is 4.90 Å². The Morgan fingerprint density at radius 3 is 2.86 bits per heavy atom. The monoisotopic (exact) mass is 231 g/mol. The number of nitrogens with two attached hydrogens (primary N) is 1. The third kappa shape index (κ3) is 3.47. The Morgan fingerprint density at radius 2 is 2.29 bits per heavy atom. The fourth-order valence-corrected chi connectivity index (χ4v) is 2.09. The molecule has 0 fully saturated rings. The van der Waals surface area contributed by atoms with Gasteiger partial charge >= 0.3 is 5.97 Å². The van der Waals surface area contributed by atoms with Crippen LogP contribution < -0.4 is 5.73 Å². The normalized spacial score (nSPS) is 10.1. The maximum atomic E-state index is 10.3. The zero-order valence-corrected chi connectivity index (χ0v) is 8.94. The molecule has 0 amide bonds. The van der Waals surface area contributed by atoms with Crippen LogP contribution in [0.1, 0.15) is 6.42 Å². The summed E-state index contributed by atoms with van der Waals surface area (Å²) >= 11 is 7.31. The van der Waals surface area contributed by atoms with Gasteiger partial charge in [-0.15, -0.1) is 11.8 Å². The fraction of sp³-hybridized carbons (Fsp3) is 0.222. The van der Waals surface area contributed by atoms with Crippen molar-refractivity contribution in [3.63, 3.8) is 0 Å². The summed E-state index contributed by atoms with van der Waals surface area (Å²) in [5.41, 5.74) is 6.13. The van der Waals surface area contributed by atoms with Crippen LogP contribution >= 0.6 is 23.4 Å². The molecule has 1 rings (SSSR count). The summed E-state index contributed by atoms with van der Waals surface area (Å²) < 4.78 is 0. The van der Waals surface area contributed by atoms with Gasteiger partial charge in [-0.1, -0.05) is 11.6 Å². The Kier molecular flexibility index (Phi) is 4.10. The van der Waals surface area contributed by atoms with Crippen LogP contribution in [0.3, 0.4) is 0 Å². The maximum absolute atomic E-state index is 10.3. The van der Waals surface area contributed by atoms with E-state index >= 15 is 0 Å². The lowest BCUT2D eigenvalue weighted by atomic mass is 10.3. The second kappa shape index (κ2) is 5.12. The molecule has 0 unspecified atom stereocenters. The smallest absolute Gasteiger partial charge is 0.304 e. The number of nitrogen functional groups attached to an aromatic ring is 1. The van der Waals surface area contributed by atoms with E-state index in [2.05, 4.69) is 0 Å². The number of rotatable bonds is 4. The number of hydrogen-bond acceptors (Lipinski definition) is 3. The number of benzene rings is 1. The maximum Gasteiger partial charge on any atom is 0.304 e. The molecule has 3 N–H and O–H groups in total. The molecule has 76 valence electrons. The fourth-order valence-electron chi connectivity index (χ4n) is 0.882. The SMILES string of the molecule is Nc1ccc(SCCC(=O)O)c(Cl)c1. The lowest BCUT2D eigenvalue weighted by Crippen LogP contribution is -1.95. The first-order chi connectivity index (χ1) is 6.59. The number of carbonyl (C=O) groups is 1. The van der Waals surface area contributed by atoms with Crippen molar-refractivity contribution in [2.45, 2.75) is 11.3 Å². The van der Waals surface area contributed by atoms with E-state index in [4.69, 9.17) is 22.4 Å². The summed E-state index contributed by atoms with van der Waals surface area (Å²) in [6.07, 6.45) is 0.130. The molecule has 0 saturated carbocycles. The van der Waals surface area contributed by atoms with Gasteiger partial charge in [0.1, 0.15) is 0 Å². The third-order valence-corrected chi connectivity index (χ3v) is 3.03. The van der Waals surface area contributed by atoms with E-state index in [-0.39, 0.29) is 6.42 Å². The van der Waals surface area contributed by atoms with Gasteiger partial charge in [0, 0.05) is 16.3 Å². The summed E-state index contributed by atoms with van der Waals surface area (Å²) in [5.74, 6) is -0.289. The minimum atomic E-state index is -0.802. The molecule has 0 aliphatic heterocycles. The van der Waals surface area contributed by atoms with Crippen LogP contribution in [0, 0.1) is 0 Å². The van der Waals surface area contributed by atoms with Crippen molar-refractivity contribution in [3.05, 3.63) is 23.2 Å². The average Bonchev–Trinajstić information content (AvgIpc) is 2.08. The Balaban J connectivity index is 2.55. The van der Waals surface area contributed by atoms with Crippen LogP contribution in [0.2, 0.25) is 5.02 Å². The molecule has 0 heterocycles. The van der Waals surface area contributed by atoms with Crippen molar-refractivity contribution >= 4 is 35.0 Å². The summed E-state index contributed by atoms with van der Waals surface area (Å²) in [7, 11) is 0. The van der Waals surface area contributed by atoms with Gasteiger partial charge in [0.2, 0.25) is 0 Å². The van der Waals surface area contributed by atoms with Gasteiger partial charge in [-0.25, -0.2) is 0 Å². The molecule has 3 nitrogen and oxygen atoms in total. The Morgan fingerprint density at radius 1 is 1.57 bits per heavy atom. The zero-order valence-electron chi connectivity index (χ0n) is 7.37. The predicted octanol–water partition coefficient (Wildman–Crippen LogP) is 2.49. The number of hydrogen-bond donors (Lipinski definition) is 2. The number of halogens is 1. The molecule has 0 bridgehead atoms. The summed E-state index contributed by atoms with van der Waals surface area (Å²) in [4.78, 5) is 11.1. The van der Waals surface area contributed by atoms with Gasteiger partial charge < -0.3 is 10.8 Å². The van der Waals surface area contributed by atoms with Gasteiger partial charge in [-0.3, -0.25) is 4.79 Å². The molecule has 0 saturated heterocycles. The number of anilines is 1. The molecule has 14 heavy (non-hydrogen) atoms. The van der Waals surface area contributed by atoms with Gasteiger partial charge in [0.25, 0.3) is 0 Å². The second-order valence-corrected chi connectivity index (χ2v) is 4.23.